The lowest BCUT2D eigenvalue weighted by Crippen LogP contribution is -2.48. The van der Waals surface area contributed by atoms with Gasteiger partial charge in [-0.05, 0) is 25.8 Å². The van der Waals surface area contributed by atoms with Gasteiger partial charge in [0.05, 0.1) is 12.5 Å². The monoisotopic (exact) mass is 338 g/mol. The Morgan fingerprint density at radius 2 is 2.00 bits per heavy atom. The van der Waals surface area contributed by atoms with Crippen LogP contribution in [0.3, 0.4) is 0 Å². The zero-order valence-corrected chi connectivity index (χ0v) is 14.4. The van der Waals surface area contributed by atoms with Gasteiger partial charge in [-0.2, -0.15) is 0 Å². The van der Waals surface area contributed by atoms with Crippen molar-refractivity contribution in [3.8, 4) is 0 Å². The molecule has 2 aliphatic heterocycles. The molecule has 2 rings (SSSR count). The fourth-order valence-electron chi connectivity index (χ4n) is 2.54. The van der Waals surface area contributed by atoms with Gasteiger partial charge in [0.25, 0.3) is 5.91 Å². The molecule has 0 aliphatic carbocycles. The first-order chi connectivity index (χ1) is 11.7. The Morgan fingerprint density at radius 3 is 2.62 bits per heavy atom. The predicted octanol–water partition coefficient (Wildman–Crippen LogP) is 0.451. The zero-order valence-electron chi connectivity index (χ0n) is 14.4. The molecule has 8 heteroatoms. The van der Waals surface area contributed by atoms with E-state index >= 15 is 0 Å². The number of nitrogens with one attached hydrogen (secondary N) is 2. The van der Waals surface area contributed by atoms with Crippen molar-refractivity contribution in [2.45, 2.75) is 32.0 Å². The van der Waals surface area contributed by atoms with E-state index in [2.05, 4.69) is 20.6 Å². The van der Waals surface area contributed by atoms with Crippen LogP contribution in [0.5, 0.6) is 0 Å². The second-order valence-corrected chi connectivity index (χ2v) is 5.59. The van der Waals surface area contributed by atoms with Crippen molar-refractivity contribution in [3.05, 3.63) is 11.8 Å². The van der Waals surface area contributed by atoms with E-state index in [0.29, 0.717) is 31.5 Å². The SMILES string of the molecule is CCOC1=CC2C=NC(NC(CCOC)CCOC)=NC2NC1=O. The number of hydrogen-bond donors (Lipinski definition) is 2. The van der Waals surface area contributed by atoms with Gasteiger partial charge in [0.2, 0.25) is 5.96 Å². The van der Waals surface area contributed by atoms with Gasteiger partial charge in [-0.1, -0.05) is 0 Å². The van der Waals surface area contributed by atoms with Gasteiger partial charge in [-0.3, -0.25) is 4.79 Å². The van der Waals surface area contributed by atoms with Crippen LogP contribution in [0.15, 0.2) is 21.8 Å². The maximum absolute atomic E-state index is 12.0. The third-order valence-electron chi connectivity index (χ3n) is 3.82. The first-order valence-electron chi connectivity index (χ1n) is 8.19. The number of amides is 1. The maximum Gasteiger partial charge on any atom is 0.287 e. The summed E-state index contributed by atoms with van der Waals surface area (Å²) in [5.74, 6) is 0.509. The van der Waals surface area contributed by atoms with Crippen LogP contribution >= 0.6 is 0 Å². The molecular formula is C16H26N4O4. The van der Waals surface area contributed by atoms with E-state index in [1.807, 2.05) is 6.92 Å². The van der Waals surface area contributed by atoms with E-state index in [1.165, 1.54) is 0 Å². The maximum atomic E-state index is 12.0. The molecule has 24 heavy (non-hydrogen) atoms. The molecule has 2 unspecified atom stereocenters. The summed E-state index contributed by atoms with van der Waals surface area (Å²) in [6, 6.07) is 0.145. The van der Waals surface area contributed by atoms with Gasteiger partial charge in [0.1, 0.15) is 6.17 Å². The van der Waals surface area contributed by atoms with Crippen LogP contribution in [0.25, 0.3) is 0 Å². The minimum Gasteiger partial charge on any atom is -0.488 e. The van der Waals surface area contributed by atoms with Crippen LogP contribution in [-0.2, 0) is 19.0 Å². The zero-order chi connectivity index (χ0) is 17.4. The summed E-state index contributed by atoms with van der Waals surface area (Å²) < 4.78 is 15.6. The minimum absolute atomic E-state index is 0.0915. The van der Waals surface area contributed by atoms with Crippen molar-refractivity contribution in [2.75, 3.05) is 34.0 Å². The van der Waals surface area contributed by atoms with Gasteiger partial charge in [-0.15, -0.1) is 0 Å². The lowest BCUT2D eigenvalue weighted by molar-refractivity contribution is -0.122. The molecule has 1 amide bonds. The largest absolute Gasteiger partial charge is 0.488 e. The molecule has 2 heterocycles. The second-order valence-electron chi connectivity index (χ2n) is 5.59. The Kier molecular flexibility index (Phi) is 7.20. The molecule has 0 aromatic rings. The molecular weight excluding hydrogens is 312 g/mol. The van der Waals surface area contributed by atoms with E-state index in [9.17, 15) is 4.79 Å². The van der Waals surface area contributed by atoms with Crippen molar-refractivity contribution < 1.29 is 19.0 Å². The van der Waals surface area contributed by atoms with Gasteiger partial charge in [-0.25, -0.2) is 9.98 Å². The molecule has 0 fully saturated rings. The molecule has 2 aliphatic rings. The summed E-state index contributed by atoms with van der Waals surface area (Å²) in [4.78, 5) is 20.8. The Morgan fingerprint density at radius 1 is 1.29 bits per heavy atom. The smallest absolute Gasteiger partial charge is 0.287 e. The van der Waals surface area contributed by atoms with E-state index in [4.69, 9.17) is 14.2 Å². The first-order valence-corrected chi connectivity index (χ1v) is 8.19. The number of guanidine groups is 1. The number of aliphatic imine (C=N–C) groups is 2. The molecule has 0 aromatic carbocycles. The molecule has 0 radical (unpaired) electrons. The average molecular weight is 338 g/mol. The molecule has 0 aromatic heterocycles. The van der Waals surface area contributed by atoms with Crippen LogP contribution < -0.4 is 10.6 Å². The van der Waals surface area contributed by atoms with E-state index in [1.54, 1.807) is 26.5 Å². The highest BCUT2D eigenvalue weighted by atomic mass is 16.5. The topological polar surface area (TPSA) is 93.5 Å². The van der Waals surface area contributed by atoms with Crippen LogP contribution in [-0.4, -0.2) is 64.3 Å². The van der Waals surface area contributed by atoms with Crippen LogP contribution in [0.4, 0.5) is 0 Å². The highest BCUT2D eigenvalue weighted by Gasteiger charge is 2.31. The molecule has 0 bridgehead atoms. The normalized spacial score (nSPS) is 22.6. The van der Waals surface area contributed by atoms with Crippen LogP contribution in [0.1, 0.15) is 19.8 Å². The standard InChI is InChI=1S/C16H26N4O4/c1-4-24-13-9-11-10-17-16(20-14(11)19-15(13)21)18-12(5-7-22-2)6-8-23-3/h9-12,14H,4-8H2,1-3H3,(H,18,20)(H,19,21). The number of methoxy groups -OCH3 is 2. The summed E-state index contributed by atoms with van der Waals surface area (Å²) in [6.45, 7) is 3.57. The number of carbonyl (C=O) groups is 1. The number of fused-ring (bicyclic) bond motifs is 1. The lowest BCUT2D eigenvalue weighted by atomic mass is 10.0. The number of ether oxygens (including phenoxy) is 3. The number of nitrogens with zero attached hydrogens (tertiary/aromatic N) is 2. The molecule has 0 spiro atoms. The first kappa shape index (κ1) is 18.4. The minimum atomic E-state index is -0.354. The van der Waals surface area contributed by atoms with Gasteiger partial charge < -0.3 is 24.8 Å². The number of hydrogen-bond acceptors (Lipinski definition) is 7. The van der Waals surface area contributed by atoms with E-state index in [-0.39, 0.29) is 24.0 Å². The molecule has 0 saturated heterocycles. The number of rotatable bonds is 9. The summed E-state index contributed by atoms with van der Waals surface area (Å²) in [7, 11) is 3.35. The highest BCUT2D eigenvalue weighted by Crippen LogP contribution is 2.19. The van der Waals surface area contributed by atoms with Crippen molar-refractivity contribution in [1.29, 1.82) is 0 Å². The summed E-state index contributed by atoms with van der Waals surface area (Å²) >= 11 is 0. The van der Waals surface area contributed by atoms with Crippen molar-refractivity contribution in [2.24, 2.45) is 15.9 Å². The molecule has 8 nitrogen and oxygen atoms in total. The summed E-state index contributed by atoms with van der Waals surface area (Å²) in [5.41, 5.74) is 0. The third kappa shape index (κ3) is 5.04. The molecule has 0 saturated carbocycles. The Balaban J connectivity index is 1.99. The van der Waals surface area contributed by atoms with Gasteiger partial charge in [0, 0.05) is 39.7 Å². The highest BCUT2D eigenvalue weighted by molar-refractivity contribution is 5.97. The second kappa shape index (κ2) is 9.39. The fourth-order valence-corrected chi connectivity index (χ4v) is 2.54. The molecule has 2 atom stereocenters. The van der Waals surface area contributed by atoms with Crippen molar-refractivity contribution >= 4 is 18.1 Å². The van der Waals surface area contributed by atoms with Crippen molar-refractivity contribution in [3.63, 3.8) is 0 Å². The Labute approximate surface area is 142 Å². The third-order valence-corrected chi connectivity index (χ3v) is 3.82. The van der Waals surface area contributed by atoms with Gasteiger partial charge >= 0.3 is 0 Å². The Bertz CT molecular complexity index is 510. The van der Waals surface area contributed by atoms with E-state index in [0.717, 1.165) is 12.8 Å². The Hall–Kier alpha value is -1.93. The molecule has 134 valence electrons. The van der Waals surface area contributed by atoms with E-state index < -0.39 is 0 Å². The van der Waals surface area contributed by atoms with Crippen LogP contribution in [0.2, 0.25) is 0 Å². The number of carbonyl (C=O) groups excluding carboxylic acids is 1. The predicted molar refractivity (Wildman–Crippen MR) is 91.0 cm³/mol. The summed E-state index contributed by atoms with van der Waals surface area (Å²) in [6.07, 6.45) is 4.84. The summed E-state index contributed by atoms with van der Waals surface area (Å²) in [5, 5.41) is 6.14. The average Bonchev–Trinajstić information content (AvgIpc) is 2.58. The molecule has 2 N–H and O–H groups in total. The van der Waals surface area contributed by atoms with Crippen molar-refractivity contribution in [1.82, 2.24) is 10.6 Å². The fraction of sp³-hybridized carbons (Fsp3) is 0.688. The van der Waals surface area contributed by atoms with Crippen LogP contribution in [0, 0.1) is 5.92 Å². The lowest BCUT2D eigenvalue weighted by Gasteiger charge is -2.29. The van der Waals surface area contributed by atoms with Gasteiger partial charge in [0.15, 0.2) is 5.76 Å². The quantitative estimate of drug-likeness (QED) is 0.637.